The molecule has 6 heteroatoms. The van der Waals surface area contributed by atoms with Gasteiger partial charge in [-0.3, -0.25) is 9.69 Å². The molecule has 4 nitrogen and oxygen atoms in total. The Morgan fingerprint density at radius 3 is 2.72 bits per heavy atom. The molecule has 0 aliphatic carbocycles. The first-order chi connectivity index (χ1) is 8.76. The van der Waals surface area contributed by atoms with Gasteiger partial charge in [0.25, 0.3) is 0 Å². The van der Waals surface area contributed by atoms with Crippen LogP contribution in [-0.2, 0) is 4.79 Å². The molecule has 0 bridgehead atoms. The molecule has 0 aromatic carbocycles. The lowest BCUT2D eigenvalue weighted by Crippen LogP contribution is -2.49. The highest BCUT2D eigenvalue weighted by atomic mass is 35.5. The first-order valence-corrected chi connectivity index (χ1v) is 7.18. The molecule has 0 unspecified atom stereocenters. The smallest absolute Gasteiger partial charge is 0.237 e. The summed E-state index contributed by atoms with van der Waals surface area (Å²) >= 11 is 7.13. The standard InChI is InChI=1S/C12H14ClN3OS/c13-8-12(17)16-5-3-15(4-6-16)10(9-14)11-2-1-7-18-11/h1-2,7,10H,3-6,8H2/t10-/m0/s1. The molecular weight excluding hydrogens is 270 g/mol. The van der Waals surface area contributed by atoms with Crippen LogP contribution in [-0.4, -0.2) is 47.8 Å². The van der Waals surface area contributed by atoms with Crippen LogP contribution < -0.4 is 0 Å². The summed E-state index contributed by atoms with van der Waals surface area (Å²) < 4.78 is 0. The van der Waals surface area contributed by atoms with Gasteiger partial charge in [-0.05, 0) is 11.4 Å². The van der Waals surface area contributed by atoms with Gasteiger partial charge in [0.15, 0.2) is 0 Å². The van der Waals surface area contributed by atoms with Gasteiger partial charge in [0, 0.05) is 31.1 Å². The highest BCUT2D eigenvalue weighted by Gasteiger charge is 2.26. The SMILES string of the molecule is N#C[C@@H](c1cccs1)N1CCN(C(=O)CCl)CC1. The predicted molar refractivity (Wildman–Crippen MR) is 71.5 cm³/mol. The topological polar surface area (TPSA) is 47.3 Å². The minimum atomic E-state index is -0.196. The number of halogens is 1. The highest BCUT2D eigenvalue weighted by molar-refractivity contribution is 7.10. The van der Waals surface area contributed by atoms with Gasteiger partial charge in [-0.25, -0.2) is 0 Å². The maximum atomic E-state index is 11.5. The zero-order valence-corrected chi connectivity index (χ0v) is 11.5. The largest absolute Gasteiger partial charge is 0.339 e. The Balaban J connectivity index is 1.97. The Morgan fingerprint density at radius 2 is 2.22 bits per heavy atom. The van der Waals surface area contributed by atoms with E-state index in [2.05, 4.69) is 11.0 Å². The molecule has 96 valence electrons. The molecule has 0 radical (unpaired) electrons. The van der Waals surface area contributed by atoms with Crippen molar-refractivity contribution in [3.05, 3.63) is 22.4 Å². The number of piperazine rings is 1. The molecule has 1 aliphatic rings. The van der Waals surface area contributed by atoms with E-state index in [1.165, 1.54) is 0 Å². The van der Waals surface area contributed by atoms with Gasteiger partial charge >= 0.3 is 0 Å². The molecule has 1 amide bonds. The number of amides is 1. The fourth-order valence-electron chi connectivity index (χ4n) is 2.09. The van der Waals surface area contributed by atoms with E-state index >= 15 is 0 Å². The number of nitrogens with zero attached hydrogens (tertiary/aromatic N) is 3. The quantitative estimate of drug-likeness (QED) is 0.793. The van der Waals surface area contributed by atoms with Crippen LogP contribution in [0.25, 0.3) is 0 Å². The van der Waals surface area contributed by atoms with Crippen LogP contribution in [0.5, 0.6) is 0 Å². The van der Waals surface area contributed by atoms with Crippen molar-refractivity contribution >= 4 is 28.8 Å². The lowest BCUT2D eigenvalue weighted by atomic mass is 10.2. The Hall–Kier alpha value is -1.09. The normalized spacial score (nSPS) is 18.3. The zero-order valence-electron chi connectivity index (χ0n) is 9.88. The van der Waals surface area contributed by atoms with Gasteiger partial charge in [0.1, 0.15) is 11.9 Å². The Kier molecular flexibility index (Phi) is 4.59. The van der Waals surface area contributed by atoms with Crippen LogP contribution in [0.4, 0.5) is 0 Å². The van der Waals surface area contributed by atoms with Gasteiger partial charge in [-0.1, -0.05) is 6.07 Å². The monoisotopic (exact) mass is 283 g/mol. The van der Waals surface area contributed by atoms with E-state index in [4.69, 9.17) is 11.6 Å². The van der Waals surface area contributed by atoms with Crippen LogP contribution in [0.2, 0.25) is 0 Å². The van der Waals surface area contributed by atoms with Crippen LogP contribution in [0.3, 0.4) is 0 Å². The minimum absolute atomic E-state index is 0.0269. The fraction of sp³-hybridized carbons (Fsp3) is 0.500. The molecule has 1 atom stereocenters. The second kappa shape index (κ2) is 6.19. The number of carbonyl (C=O) groups excluding carboxylic acids is 1. The van der Waals surface area contributed by atoms with E-state index in [0.717, 1.165) is 18.0 Å². The summed E-state index contributed by atoms with van der Waals surface area (Å²) in [5.41, 5.74) is 0. The fourth-order valence-corrected chi connectivity index (χ4v) is 3.06. The number of rotatable bonds is 3. The van der Waals surface area contributed by atoms with Gasteiger partial charge in [-0.15, -0.1) is 22.9 Å². The summed E-state index contributed by atoms with van der Waals surface area (Å²) in [6.07, 6.45) is 0. The molecule has 1 aromatic rings. The van der Waals surface area contributed by atoms with Crippen molar-refractivity contribution in [2.45, 2.75) is 6.04 Å². The van der Waals surface area contributed by atoms with E-state index in [9.17, 15) is 10.1 Å². The number of alkyl halides is 1. The minimum Gasteiger partial charge on any atom is -0.339 e. The van der Waals surface area contributed by atoms with Gasteiger partial charge in [0.2, 0.25) is 5.91 Å². The van der Waals surface area contributed by atoms with E-state index in [1.54, 1.807) is 16.2 Å². The van der Waals surface area contributed by atoms with Crippen LogP contribution in [0.1, 0.15) is 10.9 Å². The number of hydrogen-bond acceptors (Lipinski definition) is 4. The van der Waals surface area contributed by atoms with Crippen molar-refractivity contribution in [1.29, 1.82) is 5.26 Å². The third-order valence-corrected chi connectivity index (χ3v) is 4.23. The van der Waals surface area contributed by atoms with Crippen molar-refractivity contribution in [2.24, 2.45) is 0 Å². The summed E-state index contributed by atoms with van der Waals surface area (Å²) in [5, 5.41) is 11.3. The average Bonchev–Trinajstić information content (AvgIpc) is 2.93. The molecule has 1 saturated heterocycles. The number of nitriles is 1. The summed E-state index contributed by atoms with van der Waals surface area (Å²) in [7, 11) is 0. The number of thiophene rings is 1. The van der Waals surface area contributed by atoms with Gasteiger partial charge in [-0.2, -0.15) is 5.26 Å². The van der Waals surface area contributed by atoms with Crippen molar-refractivity contribution < 1.29 is 4.79 Å². The first kappa shape index (κ1) is 13.3. The lowest BCUT2D eigenvalue weighted by Gasteiger charge is -2.36. The molecule has 18 heavy (non-hydrogen) atoms. The lowest BCUT2D eigenvalue weighted by molar-refractivity contribution is -0.130. The summed E-state index contributed by atoms with van der Waals surface area (Å²) in [4.78, 5) is 16.4. The van der Waals surface area contributed by atoms with Gasteiger partial charge < -0.3 is 4.90 Å². The van der Waals surface area contributed by atoms with Crippen molar-refractivity contribution in [3.63, 3.8) is 0 Å². The number of hydrogen-bond donors (Lipinski definition) is 0. The first-order valence-electron chi connectivity index (χ1n) is 5.77. The number of carbonyl (C=O) groups is 1. The molecule has 0 N–H and O–H groups in total. The maximum absolute atomic E-state index is 11.5. The van der Waals surface area contributed by atoms with Crippen LogP contribution in [0, 0.1) is 11.3 Å². The molecule has 2 rings (SSSR count). The zero-order chi connectivity index (χ0) is 13.0. The second-order valence-corrected chi connectivity index (χ2v) is 5.34. The summed E-state index contributed by atoms with van der Waals surface area (Å²) in [6, 6.07) is 6.08. The molecule has 1 aliphatic heterocycles. The van der Waals surface area contributed by atoms with Crippen molar-refractivity contribution in [3.8, 4) is 6.07 Å². The summed E-state index contributed by atoms with van der Waals surface area (Å²) in [6.45, 7) is 2.74. The Morgan fingerprint density at radius 1 is 1.50 bits per heavy atom. The third kappa shape index (κ3) is 2.83. The van der Waals surface area contributed by atoms with E-state index in [0.29, 0.717) is 13.1 Å². The summed E-state index contributed by atoms with van der Waals surface area (Å²) in [5.74, 6) is 0.00743. The van der Waals surface area contributed by atoms with Crippen molar-refractivity contribution in [1.82, 2.24) is 9.80 Å². The van der Waals surface area contributed by atoms with Crippen molar-refractivity contribution in [2.75, 3.05) is 32.1 Å². The molecule has 0 spiro atoms. The van der Waals surface area contributed by atoms with E-state index in [1.807, 2.05) is 17.5 Å². The predicted octanol–water partition coefficient (Wildman–Crippen LogP) is 1.70. The second-order valence-electron chi connectivity index (χ2n) is 4.10. The van der Waals surface area contributed by atoms with E-state index in [-0.39, 0.29) is 17.8 Å². The van der Waals surface area contributed by atoms with Crippen LogP contribution in [0.15, 0.2) is 17.5 Å². The molecular formula is C12H14ClN3OS. The molecule has 0 saturated carbocycles. The Labute approximate surface area is 115 Å². The molecule has 1 aromatic heterocycles. The van der Waals surface area contributed by atoms with Crippen LogP contribution >= 0.6 is 22.9 Å². The van der Waals surface area contributed by atoms with E-state index < -0.39 is 0 Å². The molecule has 1 fully saturated rings. The molecule has 2 heterocycles. The average molecular weight is 284 g/mol. The highest BCUT2D eigenvalue weighted by Crippen LogP contribution is 2.25. The Bertz CT molecular complexity index is 435. The third-order valence-electron chi connectivity index (χ3n) is 3.08. The van der Waals surface area contributed by atoms with Gasteiger partial charge in [0.05, 0.1) is 6.07 Å². The maximum Gasteiger partial charge on any atom is 0.237 e.